The number of nitrogens with zero attached hydrogens (tertiary/aromatic N) is 6. The molecular weight excluding hydrogens is 627 g/mol. The minimum atomic E-state index is -0.916. The molecule has 3 heterocycles. The molecule has 0 radical (unpaired) electrons. The normalized spacial score (nSPS) is 17.3. The highest BCUT2D eigenvalue weighted by Crippen LogP contribution is 2.47. The standard InChI is InChI=1S/C24H20BrFN8O2S3/c1-2-18-30-31-22(38-18)29-17(36)10-37-24-33-32-23(39-24)34-15-4-3-5-16(35)20(15)19(13(9-27)21(34)28)12-7-6-11(25)8-14(12)26/h6-8,19H,2-5,10,28H2,1H3,(H,29,31,36). The zero-order chi connectivity index (χ0) is 27.7. The Morgan fingerprint density at radius 1 is 1.31 bits per heavy atom. The summed E-state index contributed by atoms with van der Waals surface area (Å²) in [5.41, 5.74) is 7.73. The Hall–Kier alpha value is -3.19. The fourth-order valence-electron chi connectivity index (χ4n) is 4.43. The molecule has 0 saturated carbocycles. The second-order valence-corrected chi connectivity index (χ2v) is 12.7. The first-order chi connectivity index (χ1) is 18.8. The zero-order valence-corrected chi connectivity index (χ0v) is 24.4. The molecule has 1 aliphatic carbocycles. The van der Waals surface area contributed by atoms with E-state index in [1.165, 1.54) is 40.5 Å². The van der Waals surface area contributed by atoms with Gasteiger partial charge in [0.2, 0.25) is 16.2 Å². The molecule has 15 heteroatoms. The maximum atomic E-state index is 15.1. The van der Waals surface area contributed by atoms with Gasteiger partial charge < -0.3 is 5.73 Å². The van der Waals surface area contributed by atoms with E-state index in [-0.39, 0.29) is 34.4 Å². The van der Waals surface area contributed by atoms with Crippen molar-refractivity contribution < 1.29 is 14.0 Å². The number of ketones is 1. The van der Waals surface area contributed by atoms with Crippen molar-refractivity contribution in [1.82, 2.24) is 20.4 Å². The van der Waals surface area contributed by atoms with Crippen LogP contribution in [0.5, 0.6) is 0 Å². The van der Waals surface area contributed by atoms with Gasteiger partial charge in [-0.2, -0.15) is 5.26 Å². The molecule has 1 amide bonds. The summed E-state index contributed by atoms with van der Waals surface area (Å²) < 4.78 is 16.1. The van der Waals surface area contributed by atoms with Gasteiger partial charge in [-0.3, -0.25) is 19.8 Å². The number of nitriles is 1. The number of thioether (sulfide) groups is 1. The molecule has 1 aromatic carbocycles. The predicted octanol–water partition coefficient (Wildman–Crippen LogP) is 4.89. The van der Waals surface area contributed by atoms with Crippen molar-refractivity contribution in [3.63, 3.8) is 0 Å². The molecule has 0 bridgehead atoms. The van der Waals surface area contributed by atoms with E-state index in [2.05, 4.69) is 47.7 Å². The molecule has 1 atom stereocenters. The van der Waals surface area contributed by atoms with E-state index in [4.69, 9.17) is 5.73 Å². The Balaban J connectivity index is 1.43. The number of carbonyl (C=O) groups is 2. The van der Waals surface area contributed by atoms with Gasteiger partial charge in [0.15, 0.2) is 10.1 Å². The number of nitrogens with one attached hydrogen (secondary N) is 1. The Bertz CT molecular complexity index is 1580. The molecule has 1 aliphatic heterocycles. The predicted molar refractivity (Wildman–Crippen MR) is 151 cm³/mol. The summed E-state index contributed by atoms with van der Waals surface area (Å²) in [6.07, 6.45) is 2.12. The van der Waals surface area contributed by atoms with Crippen LogP contribution in [0.4, 0.5) is 14.7 Å². The Morgan fingerprint density at radius 3 is 2.85 bits per heavy atom. The number of anilines is 2. The van der Waals surface area contributed by atoms with E-state index in [1.54, 1.807) is 17.0 Å². The van der Waals surface area contributed by atoms with Crippen molar-refractivity contribution in [3.8, 4) is 6.07 Å². The van der Waals surface area contributed by atoms with Crippen LogP contribution in [-0.4, -0.2) is 37.8 Å². The smallest absolute Gasteiger partial charge is 0.236 e. The van der Waals surface area contributed by atoms with Gasteiger partial charge in [-0.1, -0.05) is 63.4 Å². The minimum Gasteiger partial charge on any atom is -0.384 e. The lowest BCUT2D eigenvalue weighted by Crippen LogP contribution is -2.38. The molecule has 2 aromatic heterocycles. The van der Waals surface area contributed by atoms with Crippen molar-refractivity contribution >= 4 is 72.3 Å². The molecule has 0 fully saturated rings. The van der Waals surface area contributed by atoms with Crippen LogP contribution in [0.2, 0.25) is 0 Å². The van der Waals surface area contributed by atoms with Crippen LogP contribution < -0.4 is 16.0 Å². The van der Waals surface area contributed by atoms with Crippen LogP contribution in [0, 0.1) is 17.1 Å². The number of aromatic nitrogens is 4. The van der Waals surface area contributed by atoms with Crippen LogP contribution >= 0.6 is 50.4 Å². The SMILES string of the molecule is CCc1nnc(NC(=O)CSc2nnc(N3C(N)=C(C#N)C(c4ccc(Br)cc4F)C4=C3CCCC4=O)s2)s1. The molecule has 2 aliphatic rings. The van der Waals surface area contributed by atoms with Gasteiger partial charge >= 0.3 is 0 Å². The fraction of sp³-hybridized carbons (Fsp3) is 0.292. The lowest BCUT2D eigenvalue weighted by molar-refractivity contribution is -0.116. The maximum absolute atomic E-state index is 15.1. The molecule has 3 N–H and O–H groups in total. The Labute approximate surface area is 243 Å². The van der Waals surface area contributed by atoms with Crippen molar-refractivity contribution in [2.24, 2.45) is 5.73 Å². The topological polar surface area (TPSA) is 151 Å². The Kier molecular flexibility index (Phi) is 8.08. The van der Waals surface area contributed by atoms with Crippen molar-refractivity contribution in [2.45, 2.75) is 42.9 Å². The van der Waals surface area contributed by atoms with Crippen molar-refractivity contribution in [3.05, 3.63) is 61.7 Å². The number of aryl methyl sites for hydroxylation is 1. The molecule has 5 rings (SSSR count). The molecule has 10 nitrogen and oxygen atoms in total. The van der Waals surface area contributed by atoms with E-state index in [9.17, 15) is 14.9 Å². The van der Waals surface area contributed by atoms with Gasteiger partial charge in [-0.25, -0.2) is 4.39 Å². The number of nitrogens with two attached hydrogens (primary N) is 1. The monoisotopic (exact) mass is 646 g/mol. The summed E-state index contributed by atoms with van der Waals surface area (Å²) in [5.74, 6) is -1.73. The van der Waals surface area contributed by atoms with Crippen LogP contribution in [0.25, 0.3) is 0 Å². The summed E-state index contributed by atoms with van der Waals surface area (Å²) in [5, 5.41) is 30.8. The summed E-state index contributed by atoms with van der Waals surface area (Å²) in [7, 11) is 0. The second kappa shape index (κ2) is 11.5. The van der Waals surface area contributed by atoms with E-state index >= 15 is 4.39 Å². The molecule has 39 heavy (non-hydrogen) atoms. The number of carbonyl (C=O) groups excluding carboxylic acids is 2. The van der Waals surface area contributed by atoms with E-state index in [1.807, 2.05) is 6.92 Å². The molecule has 0 saturated heterocycles. The first-order valence-corrected chi connectivity index (χ1v) is 15.2. The summed E-state index contributed by atoms with van der Waals surface area (Å²) >= 11 is 6.94. The third-order valence-electron chi connectivity index (χ3n) is 6.12. The number of benzene rings is 1. The highest BCUT2D eigenvalue weighted by molar-refractivity contribution is 9.10. The minimum absolute atomic E-state index is 0.0671. The van der Waals surface area contributed by atoms with Gasteiger partial charge in [0.1, 0.15) is 16.6 Å². The number of allylic oxidation sites excluding steroid dienone is 3. The lowest BCUT2D eigenvalue weighted by Gasteiger charge is -2.38. The highest BCUT2D eigenvalue weighted by atomic mass is 79.9. The van der Waals surface area contributed by atoms with Gasteiger partial charge in [0.05, 0.1) is 23.3 Å². The summed E-state index contributed by atoms with van der Waals surface area (Å²) in [4.78, 5) is 27.2. The molecule has 3 aromatic rings. The summed E-state index contributed by atoms with van der Waals surface area (Å²) in [6, 6.07) is 6.64. The van der Waals surface area contributed by atoms with Crippen LogP contribution in [0.15, 0.2) is 49.7 Å². The second-order valence-electron chi connectivity index (χ2n) is 8.52. The zero-order valence-electron chi connectivity index (χ0n) is 20.4. The van der Waals surface area contributed by atoms with E-state index in [0.29, 0.717) is 49.6 Å². The van der Waals surface area contributed by atoms with Gasteiger partial charge in [0, 0.05) is 27.7 Å². The number of amides is 1. The van der Waals surface area contributed by atoms with Gasteiger partial charge in [0.25, 0.3) is 0 Å². The number of Topliss-reactive ketones (excluding diaryl/α,β-unsaturated/α-hetero) is 1. The Morgan fingerprint density at radius 2 is 2.13 bits per heavy atom. The fourth-order valence-corrected chi connectivity index (χ4v) is 7.14. The molecule has 0 spiro atoms. The number of hydrogen-bond acceptors (Lipinski definition) is 12. The number of halogens is 2. The highest BCUT2D eigenvalue weighted by Gasteiger charge is 2.42. The van der Waals surface area contributed by atoms with Crippen molar-refractivity contribution in [1.29, 1.82) is 5.26 Å². The maximum Gasteiger partial charge on any atom is 0.236 e. The van der Waals surface area contributed by atoms with Gasteiger partial charge in [-0.05, 0) is 31.4 Å². The molecule has 200 valence electrons. The van der Waals surface area contributed by atoms with Crippen LogP contribution in [-0.2, 0) is 16.0 Å². The number of hydrogen-bond donors (Lipinski definition) is 2. The molecule has 1 unspecified atom stereocenters. The first-order valence-electron chi connectivity index (χ1n) is 11.8. The third kappa shape index (κ3) is 5.46. The lowest BCUT2D eigenvalue weighted by atomic mass is 9.75. The molecular formula is C24H20BrFN8O2S3. The first kappa shape index (κ1) is 27.4. The average Bonchev–Trinajstić information content (AvgIpc) is 3.57. The van der Waals surface area contributed by atoms with Crippen LogP contribution in [0.1, 0.15) is 42.7 Å². The largest absolute Gasteiger partial charge is 0.384 e. The van der Waals surface area contributed by atoms with E-state index in [0.717, 1.165) is 11.4 Å². The van der Waals surface area contributed by atoms with Crippen molar-refractivity contribution in [2.75, 3.05) is 16.0 Å². The van der Waals surface area contributed by atoms with Gasteiger partial charge in [-0.15, -0.1) is 20.4 Å². The van der Waals surface area contributed by atoms with Crippen LogP contribution in [0.3, 0.4) is 0 Å². The quantitative estimate of drug-likeness (QED) is 0.340. The summed E-state index contributed by atoms with van der Waals surface area (Å²) in [6.45, 7) is 1.96. The third-order valence-corrected chi connectivity index (χ3v) is 9.63. The van der Waals surface area contributed by atoms with E-state index < -0.39 is 11.7 Å². The number of rotatable bonds is 7. The average molecular weight is 648 g/mol.